The molecule has 0 radical (unpaired) electrons. The van der Waals surface area contributed by atoms with Crippen molar-refractivity contribution in [2.24, 2.45) is 0 Å². The highest BCUT2D eigenvalue weighted by atomic mass is 35.5. The number of pyridine rings is 2. The number of halogens is 3. The van der Waals surface area contributed by atoms with E-state index in [1.807, 2.05) is 40.8 Å². The Balaban J connectivity index is 1.89. The summed E-state index contributed by atoms with van der Waals surface area (Å²) in [5.41, 5.74) is 4.75. The summed E-state index contributed by atoms with van der Waals surface area (Å²) in [4.78, 5) is 9.36. The summed E-state index contributed by atoms with van der Waals surface area (Å²) in [7, 11) is 0. The summed E-state index contributed by atoms with van der Waals surface area (Å²) in [6, 6.07) is 22.1. The molecule has 0 saturated carbocycles. The maximum Gasteiger partial charge on any atom is 0.139 e. The Morgan fingerprint density at radius 3 is 2.41 bits per heavy atom. The van der Waals surface area contributed by atoms with Crippen LogP contribution in [0.1, 0.15) is 5.56 Å². The normalized spacial score (nSPS) is 11.4. The van der Waals surface area contributed by atoms with Crippen molar-refractivity contribution < 1.29 is 0 Å². The number of benzene rings is 2. The number of rotatable bonds is 3. The number of nitrogens with zero attached hydrogens (tertiary/aromatic N) is 3. The topological polar surface area (TPSA) is 30.2 Å². The summed E-state index contributed by atoms with van der Waals surface area (Å²) in [5.74, 6) is 0.256. The fourth-order valence-electron chi connectivity index (χ4n) is 3.56. The minimum atomic E-state index is 0.256. The highest BCUT2D eigenvalue weighted by molar-refractivity contribution is 6.42. The minimum absolute atomic E-state index is 0.256. The Hall–Kier alpha value is -2.59. The van der Waals surface area contributed by atoms with Crippen molar-refractivity contribution in [2.45, 2.75) is 5.88 Å². The molecule has 6 heteroatoms. The third-order valence-corrected chi connectivity index (χ3v) is 6.10. The van der Waals surface area contributed by atoms with Crippen LogP contribution in [0.25, 0.3) is 39.1 Å². The molecule has 5 rings (SSSR count). The van der Waals surface area contributed by atoms with Crippen LogP contribution in [0.5, 0.6) is 0 Å². The second kappa shape index (κ2) is 7.34. The van der Waals surface area contributed by atoms with Gasteiger partial charge in [-0.1, -0.05) is 65.7 Å². The largest absolute Gasteiger partial charge is 0.281 e. The fourth-order valence-corrected chi connectivity index (χ4v) is 4.34. The molecule has 0 atom stereocenters. The molecule has 3 nitrogen and oxygen atoms in total. The molecule has 142 valence electrons. The summed E-state index contributed by atoms with van der Waals surface area (Å²) in [5, 5.41) is 3.11. The van der Waals surface area contributed by atoms with Crippen molar-refractivity contribution in [3.63, 3.8) is 0 Å². The number of hydrogen-bond donors (Lipinski definition) is 0. The molecule has 0 aliphatic carbocycles. The van der Waals surface area contributed by atoms with Gasteiger partial charge >= 0.3 is 0 Å². The second-order valence-electron chi connectivity index (χ2n) is 6.69. The molecular weight excluding hydrogens is 425 g/mol. The average Bonchev–Trinajstić information content (AvgIpc) is 3.16. The lowest BCUT2D eigenvalue weighted by molar-refractivity contribution is 1.17. The quantitative estimate of drug-likeness (QED) is 0.219. The summed E-state index contributed by atoms with van der Waals surface area (Å²) < 4.78 is 1.87. The van der Waals surface area contributed by atoms with E-state index < -0.39 is 0 Å². The van der Waals surface area contributed by atoms with E-state index >= 15 is 0 Å². The van der Waals surface area contributed by atoms with Crippen molar-refractivity contribution in [2.75, 3.05) is 0 Å². The van der Waals surface area contributed by atoms with Gasteiger partial charge in [0.2, 0.25) is 0 Å². The molecule has 2 aromatic carbocycles. The van der Waals surface area contributed by atoms with Crippen LogP contribution in [0.15, 0.2) is 72.9 Å². The molecule has 0 spiro atoms. The Kier molecular flexibility index (Phi) is 4.67. The predicted octanol–water partition coefficient (Wildman–Crippen LogP) is 7.26. The molecule has 3 aromatic heterocycles. The van der Waals surface area contributed by atoms with Gasteiger partial charge in [0.05, 0.1) is 16.4 Å². The molecule has 0 aliphatic rings. The summed E-state index contributed by atoms with van der Waals surface area (Å²) >= 11 is 19.3. The number of fused-ring (bicyclic) bond motifs is 2. The first-order valence-corrected chi connectivity index (χ1v) is 10.3. The van der Waals surface area contributed by atoms with Gasteiger partial charge in [0, 0.05) is 17.6 Å². The first-order chi connectivity index (χ1) is 14.2. The van der Waals surface area contributed by atoms with Crippen LogP contribution in [0.2, 0.25) is 10.2 Å². The van der Waals surface area contributed by atoms with Gasteiger partial charge < -0.3 is 0 Å². The first kappa shape index (κ1) is 18.4. The summed E-state index contributed by atoms with van der Waals surface area (Å²) in [6.45, 7) is 0. The smallest absolute Gasteiger partial charge is 0.139 e. The molecule has 0 amide bonds. The van der Waals surface area contributed by atoms with Crippen LogP contribution >= 0.6 is 34.8 Å². The van der Waals surface area contributed by atoms with Crippen LogP contribution in [-0.4, -0.2) is 14.4 Å². The molecular formula is C23H14Cl3N3. The van der Waals surface area contributed by atoms with Gasteiger partial charge in [-0.3, -0.25) is 9.38 Å². The molecule has 0 bridgehead atoms. The van der Waals surface area contributed by atoms with E-state index in [-0.39, 0.29) is 5.88 Å². The monoisotopic (exact) mass is 437 g/mol. The van der Waals surface area contributed by atoms with Crippen molar-refractivity contribution in [3.05, 3.63) is 88.7 Å². The van der Waals surface area contributed by atoms with Gasteiger partial charge in [-0.2, -0.15) is 0 Å². The average molecular weight is 439 g/mol. The second-order valence-corrected chi connectivity index (χ2v) is 7.69. The van der Waals surface area contributed by atoms with Crippen molar-refractivity contribution >= 4 is 51.2 Å². The van der Waals surface area contributed by atoms with Gasteiger partial charge in [0.1, 0.15) is 16.5 Å². The first-order valence-electron chi connectivity index (χ1n) is 9.03. The zero-order valence-electron chi connectivity index (χ0n) is 15.1. The molecule has 0 saturated heterocycles. The Morgan fingerprint density at radius 2 is 1.66 bits per heavy atom. The van der Waals surface area contributed by atoms with E-state index in [4.69, 9.17) is 39.8 Å². The lowest BCUT2D eigenvalue weighted by atomic mass is 10.0. The van der Waals surface area contributed by atoms with E-state index in [0.29, 0.717) is 15.8 Å². The zero-order chi connectivity index (χ0) is 20.0. The van der Waals surface area contributed by atoms with Gasteiger partial charge in [-0.25, -0.2) is 4.98 Å². The van der Waals surface area contributed by atoms with E-state index in [0.717, 1.165) is 39.0 Å². The van der Waals surface area contributed by atoms with Gasteiger partial charge in [0.25, 0.3) is 0 Å². The van der Waals surface area contributed by atoms with Gasteiger partial charge in [-0.05, 0) is 40.6 Å². The molecule has 3 heterocycles. The molecule has 5 aromatic rings. The summed E-state index contributed by atoms with van der Waals surface area (Å²) in [6.07, 6.45) is 1.75. The van der Waals surface area contributed by atoms with Crippen molar-refractivity contribution in [1.29, 1.82) is 0 Å². The number of aromatic nitrogens is 3. The number of imidazole rings is 1. The van der Waals surface area contributed by atoms with Gasteiger partial charge in [0.15, 0.2) is 0 Å². The van der Waals surface area contributed by atoms with E-state index in [9.17, 15) is 0 Å². The predicted molar refractivity (Wildman–Crippen MR) is 121 cm³/mol. The molecule has 0 N–H and O–H groups in total. The van der Waals surface area contributed by atoms with Crippen LogP contribution in [0.4, 0.5) is 0 Å². The van der Waals surface area contributed by atoms with Crippen LogP contribution in [-0.2, 0) is 5.88 Å². The maximum atomic E-state index is 6.70. The van der Waals surface area contributed by atoms with Crippen molar-refractivity contribution in [3.8, 4) is 22.6 Å². The highest BCUT2D eigenvalue weighted by Crippen LogP contribution is 2.38. The Bertz CT molecular complexity index is 1360. The molecule has 29 heavy (non-hydrogen) atoms. The number of hydrogen-bond acceptors (Lipinski definition) is 2. The van der Waals surface area contributed by atoms with E-state index in [1.54, 1.807) is 6.20 Å². The van der Waals surface area contributed by atoms with Gasteiger partial charge in [-0.15, -0.1) is 11.6 Å². The van der Waals surface area contributed by atoms with Crippen LogP contribution in [0.3, 0.4) is 0 Å². The lowest BCUT2D eigenvalue weighted by Crippen LogP contribution is -1.96. The molecule has 0 fully saturated rings. The van der Waals surface area contributed by atoms with E-state index in [2.05, 4.69) is 35.3 Å². The fraction of sp³-hybridized carbons (Fsp3) is 0.0435. The van der Waals surface area contributed by atoms with Crippen LogP contribution in [0, 0.1) is 0 Å². The minimum Gasteiger partial charge on any atom is -0.281 e. The lowest BCUT2D eigenvalue weighted by Gasteiger charge is -2.11. The third-order valence-electron chi connectivity index (χ3n) is 4.94. The van der Waals surface area contributed by atoms with Crippen LogP contribution < -0.4 is 0 Å². The number of alkyl halides is 1. The van der Waals surface area contributed by atoms with E-state index in [1.165, 1.54) is 0 Å². The highest BCUT2D eigenvalue weighted by Gasteiger charge is 2.21. The molecule has 0 aliphatic heterocycles. The Labute approximate surface area is 182 Å². The SMILES string of the molecule is ClCc1cc2nc(-c3ccccn3)c(-c3ccc4ccccc4c3)n2c(Cl)c1Cl. The van der Waals surface area contributed by atoms with Crippen molar-refractivity contribution in [1.82, 2.24) is 14.4 Å². The maximum absolute atomic E-state index is 6.70. The Morgan fingerprint density at radius 1 is 0.862 bits per heavy atom. The third kappa shape index (κ3) is 3.06. The standard InChI is InChI=1S/C23H14Cl3N3/c24-13-17-12-19-28-21(18-7-3-4-10-27-18)22(29(19)23(26)20(17)25)16-9-8-14-5-1-2-6-15(14)11-16/h1-12H,13H2. The molecule has 0 unspecified atom stereocenters. The zero-order valence-corrected chi connectivity index (χ0v) is 17.4.